The summed E-state index contributed by atoms with van der Waals surface area (Å²) >= 11 is 0. The molecule has 3 heterocycles. The minimum Gasteiger partial charge on any atom is -0.388 e. The average molecular weight is 387 g/mol. The van der Waals surface area contributed by atoms with Crippen molar-refractivity contribution in [3.63, 3.8) is 0 Å². The number of ether oxygens (including phenoxy) is 5. The Hall–Kier alpha value is -1.14. The summed E-state index contributed by atoms with van der Waals surface area (Å²) in [4.78, 5) is 0. The highest BCUT2D eigenvalue weighted by Crippen LogP contribution is 2.26. The van der Waals surface area contributed by atoms with Crippen LogP contribution in [0.2, 0.25) is 0 Å². The third-order valence-electron chi connectivity index (χ3n) is 5.12. The number of rotatable bonds is 8. The van der Waals surface area contributed by atoms with Crippen molar-refractivity contribution in [1.82, 2.24) is 15.0 Å². The van der Waals surface area contributed by atoms with E-state index in [-0.39, 0.29) is 24.9 Å². The molecular formula is C17H29N3O7. The highest BCUT2D eigenvalue weighted by atomic mass is 16.6. The van der Waals surface area contributed by atoms with Crippen molar-refractivity contribution in [1.29, 1.82) is 0 Å². The van der Waals surface area contributed by atoms with Crippen LogP contribution in [0, 0.1) is 0 Å². The highest BCUT2D eigenvalue weighted by molar-refractivity contribution is 4.95. The molecule has 2 unspecified atom stereocenters. The normalized spacial score (nSPS) is 39.3. The van der Waals surface area contributed by atoms with Gasteiger partial charge in [-0.15, -0.1) is 5.10 Å². The van der Waals surface area contributed by atoms with Crippen LogP contribution in [0.3, 0.4) is 0 Å². The van der Waals surface area contributed by atoms with Crippen LogP contribution in [0.4, 0.5) is 0 Å². The number of aromatic nitrogens is 3. The van der Waals surface area contributed by atoms with Gasteiger partial charge in [-0.25, -0.2) is 4.68 Å². The summed E-state index contributed by atoms with van der Waals surface area (Å²) < 4.78 is 29.2. The second-order valence-corrected chi connectivity index (χ2v) is 7.10. The topological polar surface area (TPSA) is 117 Å². The summed E-state index contributed by atoms with van der Waals surface area (Å²) in [7, 11) is 3.12. The van der Waals surface area contributed by atoms with Gasteiger partial charge in [-0.2, -0.15) is 0 Å². The fraction of sp³-hybridized carbons (Fsp3) is 0.882. The Kier molecular flexibility index (Phi) is 6.79. The molecule has 0 aliphatic carbocycles. The second kappa shape index (κ2) is 8.91. The van der Waals surface area contributed by atoms with Gasteiger partial charge in [0, 0.05) is 14.2 Å². The van der Waals surface area contributed by atoms with Gasteiger partial charge in [0.2, 0.25) is 0 Å². The van der Waals surface area contributed by atoms with E-state index < -0.39 is 30.5 Å². The highest BCUT2D eigenvalue weighted by Gasteiger charge is 2.43. The Balaban J connectivity index is 1.53. The molecule has 1 aromatic rings. The monoisotopic (exact) mass is 387 g/mol. The van der Waals surface area contributed by atoms with Crippen LogP contribution in [0.25, 0.3) is 0 Å². The maximum atomic E-state index is 10.3. The molecular weight excluding hydrogens is 358 g/mol. The smallest absolute Gasteiger partial charge is 0.113 e. The van der Waals surface area contributed by atoms with Crippen LogP contribution >= 0.6 is 0 Å². The van der Waals surface area contributed by atoms with Crippen molar-refractivity contribution in [2.45, 2.75) is 75.8 Å². The molecule has 8 atom stereocenters. The number of aliphatic hydroxyl groups is 2. The molecule has 2 saturated heterocycles. The predicted octanol–water partition coefficient (Wildman–Crippen LogP) is -0.879. The van der Waals surface area contributed by atoms with Crippen molar-refractivity contribution < 1.29 is 33.9 Å². The van der Waals surface area contributed by atoms with Crippen LogP contribution in [0.1, 0.15) is 19.5 Å². The molecule has 3 rings (SSSR count). The summed E-state index contributed by atoms with van der Waals surface area (Å²) in [5.74, 6) is 0. The summed E-state index contributed by atoms with van der Waals surface area (Å²) in [6.07, 6.45) is -1.78. The zero-order valence-electron chi connectivity index (χ0n) is 16.1. The average Bonchev–Trinajstić information content (AvgIpc) is 3.26. The van der Waals surface area contributed by atoms with E-state index in [9.17, 15) is 10.2 Å². The molecule has 154 valence electrons. The Morgan fingerprint density at radius 2 is 1.81 bits per heavy atom. The summed E-state index contributed by atoms with van der Waals surface area (Å²) in [6, 6.07) is 0. The molecule has 0 bridgehead atoms. The first-order chi connectivity index (χ1) is 12.9. The summed E-state index contributed by atoms with van der Waals surface area (Å²) in [5, 5.41) is 28.5. The zero-order valence-corrected chi connectivity index (χ0v) is 16.1. The lowest BCUT2D eigenvalue weighted by Crippen LogP contribution is -2.36. The Labute approximate surface area is 158 Å². The summed E-state index contributed by atoms with van der Waals surface area (Å²) in [6.45, 7) is 4.59. The van der Waals surface area contributed by atoms with Gasteiger partial charge >= 0.3 is 0 Å². The van der Waals surface area contributed by atoms with Crippen molar-refractivity contribution in [2.24, 2.45) is 0 Å². The van der Waals surface area contributed by atoms with E-state index in [1.807, 2.05) is 13.8 Å². The van der Waals surface area contributed by atoms with Gasteiger partial charge in [-0.1, -0.05) is 5.21 Å². The molecule has 0 saturated carbocycles. The van der Waals surface area contributed by atoms with Crippen LogP contribution < -0.4 is 0 Å². The molecule has 0 amide bonds. The lowest BCUT2D eigenvalue weighted by atomic mass is 10.1. The molecule has 2 N–H and O–H groups in total. The number of nitrogens with zero attached hydrogens (tertiary/aromatic N) is 3. The molecule has 10 heteroatoms. The lowest BCUT2D eigenvalue weighted by molar-refractivity contribution is -0.0431. The largest absolute Gasteiger partial charge is 0.388 e. The maximum Gasteiger partial charge on any atom is 0.113 e. The van der Waals surface area contributed by atoms with Crippen LogP contribution in [-0.2, 0) is 36.8 Å². The molecule has 27 heavy (non-hydrogen) atoms. The third-order valence-corrected chi connectivity index (χ3v) is 5.12. The number of methoxy groups -OCH3 is 2. The van der Waals surface area contributed by atoms with E-state index in [1.165, 1.54) is 0 Å². The molecule has 10 nitrogen and oxygen atoms in total. The van der Waals surface area contributed by atoms with Gasteiger partial charge in [0.25, 0.3) is 0 Å². The van der Waals surface area contributed by atoms with Gasteiger partial charge in [0.05, 0.1) is 38.2 Å². The van der Waals surface area contributed by atoms with Gasteiger partial charge in [-0.05, 0) is 13.8 Å². The van der Waals surface area contributed by atoms with Gasteiger partial charge in [-0.3, -0.25) is 0 Å². The minimum atomic E-state index is -0.757. The first-order valence-corrected chi connectivity index (χ1v) is 9.14. The minimum absolute atomic E-state index is 0.202. The Bertz CT molecular complexity index is 601. The fourth-order valence-electron chi connectivity index (χ4n) is 3.68. The van der Waals surface area contributed by atoms with Crippen LogP contribution in [-0.4, -0.2) is 94.9 Å². The lowest BCUT2D eigenvalue weighted by Gasteiger charge is -2.18. The Morgan fingerprint density at radius 3 is 2.52 bits per heavy atom. The summed E-state index contributed by atoms with van der Waals surface area (Å²) in [5.41, 5.74) is 0.630. The predicted molar refractivity (Wildman–Crippen MR) is 92.0 cm³/mol. The molecule has 2 aliphatic rings. The molecule has 0 spiro atoms. The third kappa shape index (κ3) is 4.48. The van der Waals surface area contributed by atoms with Crippen LogP contribution in [0.5, 0.6) is 0 Å². The molecule has 0 aromatic carbocycles. The Morgan fingerprint density at radius 1 is 1.07 bits per heavy atom. The van der Waals surface area contributed by atoms with Gasteiger partial charge in [0.1, 0.15) is 42.3 Å². The number of hydrogen-bond acceptors (Lipinski definition) is 9. The molecule has 1 aromatic heterocycles. The molecule has 2 aliphatic heterocycles. The first kappa shape index (κ1) is 20.6. The maximum absolute atomic E-state index is 10.3. The van der Waals surface area contributed by atoms with Crippen molar-refractivity contribution in [2.75, 3.05) is 20.8 Å². The first-order valence-electron chi connectivity index (χ1n) is 9.14. The quantitative estimate of drug-likeness (QED) is 0.586. The fourth-order valence-corrected chi connectivity index (χ4v) is 3.68. The second-order valence-electron chi connectivity index (χ2n) is 7.10. The van der Waals surface area contributed by atoms with E-state index >= 15 is 0 Å². The van der Waals surface area contributed by atoms with E-state index in [2.05, 4.69) is 10.3 Å². The number of aliphatic hydroxyl groups excluding tert-OH is 2. The SMILES string of the molecule is COC[C@H]1O[C@@H](C)[C@@H](OCc2cn(C[C@H]3O[C@@H](C)C(O)[C@H]3OC)nn2)C1O. The van der Waals surface area contributed by atoms with E-state index in [0.717, 1.165) is 0 Å². The number of hydrogen-bond donors (Lipinski definition) is 2. The van der Waals surface area contributed by atoms with E-state index in [1.54, 1.807) is 25.1 Å². The zero-order chi connectivity index (χ0) is 19.6. The van der Waals surface area contributed by atoms with E-state index in [0.29, 0.717) is 18.8 Å². The van der Waals surface area contributed by atoms with Gasteiger partial charge < -0.3 is 33.9 Å². The molecule has 2 fully saturated rings. The van der Waals surface area contributed by atoms with Crippen molar-refractivity contribution in [3.05, 3.63) is 11.9 Å². The van der Waals surface area contributed by atoms with Crippen molar-refractivity contribution in [3.8, 4) is 0 Å². The van der Waals surface area contributed by atoms with Crippen molar-refractivity contribution >= 4 is 0 Å². The molecule has 0 radical (unpaired) electrons. The van der Waals surface area contributed by atoms with Gasteiger partial charge in [0.15, 0.2) is 0 Å². The van der Waals surface area contributed by atoms with E-state index in [4.69, 9.17) is 23.7 Å². The van der Waals surface area contributed by atoms with Crippen LogP contribution in [0.15, 0.2) is 6.20 Å². The standard InChI is InChI=1S/C17H29N3O7/c1-9-14(21)17(24-4)12(26-9)6-20-5-11(18-19-20)7-25-16-10(2)27-13(8-23-3)15(16)22/h5,9-10,12-17,21-22H,6-8H2,1-4H3/t9-,10-,12+,13+,14?,15?,16+,17-/m0/s1.